The summed E-state index contributed by atoms with van der Waals surface area (Å²) in [4.78, 5) is 32.6. The maximum atomic E-state index is 13.1. The van der Waals surface area contributed by atoms with Gasteiger partial charge in [-0.3, -0.25) is 14.9 Å². The van der Waals surface area contributed by atoms with Gasteiger partial charge in [-0.15, -0.1) is 0 Å². The minimum Gasteiger partial charge on any atom is -0.385 e. The molecule has 1 fully saturated rings. The Morgan fingerprint density at radius 2 is 2.00 bits per heavy atom. The first kappa shape index (κ1) is 20.9. The highest BCUT2D eigenvalue weighted by molar-refractivity contribution is 7.92. The van der Waals surface area contributed by atoms with E-state index in [0.29, 0.717) is 24.2 Å². The molecule has 1 saturated carbocycles. The van der Waals surface area contributed by atoms with Crippen molar-refractivity contribution in [1.82, 2.24) is 10.3 Å². The van der Waals surface area contributed by atoms with Crippen molar-refractivity contribution in [3.63, 3.8) is 0 Å². The van der Waals surface area contributed by atoms with Crippen LogP contribution in [-0.2, 0) is 24.3 Å². The van der Waals surface area contributed by atoms with Crippen LogP contribution in [-0.4, -0.2) is 49.8 Å². The number of aromatic nitrogens is 1. The van der Waals surface area contributed by atoms with Crippen LogP contribution >= 0.6 is 11.3 Å². The van der Waals surface area contributed by atoms with Gasteiger partial charge in [0.1, 0.15) is 0 Å². The maximum absolute atomic E-state index is 13.1. The van der Waals surface area contributed by atoms with Crippen LogP contribution in [0.25, 0.3) is 0 Å². The van der Waals surface area contributed by atoms with Crippen LogP contribution in [0.5, 0.6) is 0 Å². The molecule has 0 atom stereocenters. The molecule has 0 saturated heterocycles. The van der Waals surface area contributed by atoms with Crippen LogP contribution < -0.4 is 10.6 Å². The Morgan fingerprint density at radius 1 is 1.31 bits per heavy atom. The van der Waals surface area contributed by atoms with E-state index < -0.39 is 33.4 Å². The second-order valence-corrected chi connectivity index (χ2v) is 9.29. The molecule has 1 aromatic heterocycles. The molecule has 2 aromatic rings. The van der Waals surface area contributed by atoms with Crippen molar-refractivity contribution in [3.8, 4) is 0 Å². The lowest BCUT2D eigenvalue weighted by Crippen LogP contribution is -2.26. The SMILES string of the molecule is CNC(=O)CO/N=C(/C(=O)Nc1ncc(F)s1)c1ccc(S(=O)(=O)C2CC2)cc1. The van der Waals surface area contributed by atoms with Crippen LogP contribution in [0.3, 0.4) is 0 Å². The van der Waals surface area contributed by atoms with Gasteiger partial charge in [-0.2, -0.15) is 4.39 Å². The molecular weight excluding hydrogens is 423 g/mol. The molecule has 12 heteroatoms. The Hall–Kier alpha value is -2.86. The number of benzene rings is 1. The van der Waals surface area contributed by atoms with E-state index in [1.807, 2.05) is 0 Å². The summed E-state index contributed by atoms with van der Waals surface area (Å²) in [6.45, 7) is -0.423. The summed E-state index contributed by atoms with van der Waals surface area (Å²) in [6.07, 6.45) is 2.23. The van der Waals surface area contributed by atoms with Crippen LogP contribution in [0, 0.1) is 5.13 Å². The Kier molecular flexibility index (Phi) is 6.23. The van der Waals surface area contributed by atoms with Gasteiger partial charge >= 0.3 is 0 Å². The Morgan fingerprint density at radius 3 is 2.55 bits per heavy atom. The van der Waals surface area contributed by atoms with Gasteiger partial charge in [0.05, 0.1) is 16.3 Å². The van der Waals surface area contributed by atoms with E-state index in [-0.39, 0.29) is 26.6 Å². The van der Waals surface area contributed by atoms with E-state index in [9.17, 15) is 22.4 Å². The topological polar surface area (TPSA) is 127 Å². The number of carbonyl (C=O) groups is 2. The van der Waals surface area contributed by atoms with Crippen LogP contribution in [0.1, 0.15) is 18.4 Å². The van der Waals surface area contributed by atoms with Crippen molar-refractivity contribution in [2.45, 2.75) is 23.0 Å². The lowest BCUT2D eigenvalue weighted by molar-refractivity contribution is -0.125. The minimum atomic E-state index is -3.38. The van der Waals surface area contributed by atoms with Crippen molar-refractivity contribution >= 4 is 43.8 Å². The number of nitrogens with one attached hydrogen (secondary N) is 2. The van der Waals surface area contributed by atoms with E-state index >= 15 is 0 Å². The highest BCUT2D eigenvalue weighted by Crippen LogP contribution is 2.33. The number of hydrogen-bond donors (Lipinski definition) is 2. The smallest absolute Gasteiger partial charge is 0.280 e. The average Bonchev–Trinajstić information content (AvgIpc) is 3.49. The number of carbonyl (C=O) groups excluding carboxylic acids is 2. The van der Waals surface area contributed by atoms with E-state index in [2.05, 4.69) is 20.8 Å². The van der Waals surface area contributed by atoms with Gasteiger partial charge in [0.15, 0.2) is 32.4 Å². The first-order chi connectivity index (χ1) is 13.8. The first-order valence-electron chi connectivity index (χ1n) is 8.49. The first-order valence-corrected chi connectivity index (χ1v) is 10.8. The van der Waals surface area contributed by atoms with Crippen LogP contribution in [0.2, 0.25) is 0 Å². The zero-order valence-corrected chi connectivity index (χ0v) is 16.8. The molecule has 1 aliphatic carbocycles. The molecule has 3 rings (SSSR count). The number of anilines is 1. The average molecular weight is 440 g/mol. The zero-order chi connectivity index (χ0) is 21.0. The molecule has 154 valence electrons. The molecule has 9 nitrogen and oxygen atoms in total. The number of sulfone groups is 1. The third kappa shape index (κ3) is 5.15. The van der Waals surface area contributed by atoms with Gasteiger partial charge in [-0.25, -0.2) is 13.4 Å². The highest BCUT2D eigenvalue weighted by Gasteiger charge is 2.36. The monoisotopic (exact) mass is 440 g/mol. The third-order valence-electron chi connectivity index (χ3n) is 3.96. The van der Waals surface area contributed by atoms with E-state index in [0.717, 1.165) is 6.20 Å². The number of oxime groups is 1. The summed E-state index contributed by atoms with van der Waals surface area (Å²) in [7, 11) is -1.96. The molecule has 0 aliphatic heterocycles. The van der Waals surface area contributed by atoms with E-state index in [1.165, 1.54) is 31.3 Å². The highest BCUT2D eigenvalue weighted by atomic mass is 32.2. The molecule has 2 N–H and O–H groups in total. The molecule has 0 spiro atoms. The Bertz CT molecular complexity index is 1050. The normalized spacial score (nSPS) is 14.3. The molecule has 0 unspecified atom stereocenters. The molecule has 1 heterocycles. The fourth-order valence-electron chi connectivity index (χ4n) is 2.29. The van der Waals surface area contributed by atoms with Crippen LogP contribution in [0.4, 0.5) is 9.52 Å². The number of halogens is 1. The number of likely N-dealkylation sites (N-methyl/N-ethyl adjacent to an activating group) is 1. The minimum absolute atomic E-state index is 0.0134. The Balaban J connectivity index is 1.84. The van der Waals surface area contributed by atoms with Crippen molar-refractivity contribution in [1.29, 1.82) is 0 Å². The van der Waals surface area contributed by atoms with Gasteiger partial charge < -0.3 is 10.2 Å². The maximum Gasteiger partial charge on any atom is 0.280 e. The van der Waals surface area contributed by atoms with Crippen molar-refractivity contribution in [2.75, 3.05) is 19.0 Å². The molecule has 0 radical (unpaired) electrons. The van der Waals surface area contributed by atoms with E-state index in [4.69, 9.17) is 4.84 Å². The molecule has 0 bridgehead atoms. The molecule has 1 aliphatic rings. The second-order valence-electron chi connectivity index (χ2n) is 6.08. The van der Waals surface area contributed by atoms with E-state index in [1.54, 1.807) is 0 Å². The summed E-state index contributed by atoms with van der Waals surface area (Å²) >= 11 is 0.628. The lowest BCUT2D eigenvalue weighted by Gasteiger charge is -2.08. The van der Waals surface area contributed by atoms with Gasteiger partial charge in [0.2, 0.25) is 0 Å². The zero-order valence-electron chi connectivity index (χ0n) is 15.2. The summed E-state index contributed by atoms with van der Waals surface area (Å²) in [5.41, 5.74) is 0.0334. The van der Waals surface area contributed by atoms with Crippen molar-refractivity contribution in [2.24, 2.45) is 5.16 Å². The third-order valence-corrected chi connectivity index (χ3v) is 6.94. The predicted octanol–water partition coefficient (Wildman–Crippen LogP) is 1.32. The Labute approximate surface area is 169 Å². The van der Waals surface area contributed by atoms with Crippen LogP contribution in [0.15, 0.2) is 40.5 Å². The standard InChI is InChI=1S/C17H17FN4O5S2/c1-19-14(23)9-27-22-15(16(24)21-17-20-8-13(18)28-17)10-2-4-11(5-3-10)29(25,26)12-6-7-12/h2-5,8,12H,6-7,9H2,1H3,(H,19,23)(H,20,21,24)/b22-15+. The molecular formula is C17H17FN4O5S2. The lowest BCUT2D eigenvalue weighted by atomic mass is 10.1. The molecule has 2 amide bonds. The van der Waals surface area contributed by atoms with Gasteiger partial charge in [-0.05, 0) is 25.0 Å². The van der Waals surface area contributed by atoms with Crippen molar-refractivity contribution < 1.29 is 27.2 Å². The van der Waals surface area contributed by atoms with Gasteiger partial charge in [-0.1, -0.05) is 28.6 Å². The summed E-state index contributed by atoms with van der Waals surface area (Å²) < 4.78 is 37.7. The summed E-state index contributed by atoms with van der Waals surface area (Å²) in [6, 6.07) is 5.60. The fourth-order valence-corrected chi connectivity index (χ4v) is 4.49. The van der Waals surface area contributed by atoms with Crippen molar-refractivity contribution in [3.05, 3.63) is 41.2 Å². The summed E-state index contributed by atoms with van der Waals surface area (Å²) in [5.74, 6) is -1.21. The largest absolute Gasteiger partial charge is 0.385 e. The number of rotatable bonds is 8. The molecule has 29 heavy (non-hydrogen) atoms. The number of nitrogens with zero attached hydrogens (tertiary/aromatic N) is 2. The van der Waals surface area contributed by atoms with Gasteiger partial charge in [0, 0.05) is 12.6 Å². The fraction of sp³-hybridized carbons (Fsp3) is 0.294. The number of amides is 2. The predicted molar refractivity (Wildman–Crippen MR) is 104 cm³/mol. The number of thiazole rings is 1. The quantitative estimate of drug-likeness (QED) is 0.471. The number of hydrogen-bond acceptors (Lipinski definition) is 8. The second kappa shape index (κ2) is 8.66. The van der Waals surface area contributed by atoms with Gasteiger partial charge in [0.25, 0.3) is 11.8 Å². The molecule has 1 aromatic carbocycles. The summed E-state index contributed by atoms with van der Waals surface area (Å²) in [5, 5.41) is 7.50.